The van der Waals surface area contributed by atoms with Crippen molar-refractivity contribution in [2.75, 3.05) is 32.7 Å². The van der Waals surface area contributed by atoms with Crippen LogP contribution in [-0.2, 0) is 4.79 Å². The van der Waals surface area contributed by atoms with Gasteiger partial charge in [-0.15, -0.1) is 0 Å². The van der Waals surface area contributed by atoms with Crippen molar-refractivity contribution in [1.82, 2.24) is 9.80 Å². The molecule has 0 aromatic rings. The number of carboxylic acid groups (broad SMARTS) is 1. The van der Waals surface area contributed by atoms with Crippen LogP contribution in [0.15, 0.2) is 0 Å². The molecule has 0 aromatic carbocycles. The monoisotopic (exact) mass is 238 g/mol. The smallest absolute Gasteiger partial charge is 0.307 e. The maximum Gasteiger partial charge on any atom is 0.307 e. The lowest BCUT2D eigenvalue weighted by atomic mass is 9.82. The standard InChI is InChI=1S/C13H22N2O2/c16-13(17)11-2-1-5-15(8-11)12-9-14-6-3-10(12)4-7-14/h10-12H,1-9H2,(H,16,17). The number of fused-ring (bicyclic) bond motifs is 3. The molecule has 4 aliphatic heterocycles. The molecule has 0 radical (unpaired) electrons. The van der Waals surface area contributed by atoms with Crippen LogP contribution in [0.3, 0.4) is 0 Å². The number of carboxylic acids is 1. The van der Waals surface area contributed by atoms with Crippen molar-refractivity contribution in [2.24, 2.45) is 11.8 Å². The zero-order valence-electron chi connectivity index (χ0n) is 10.3. The van der Waals surface area contributed by atoms with Gasteiger partial charge in [0.25, 0.3) is 0 Å². The number of hydrogen-bond donors (Lipinski definition) is 1. The van der Waals surface area contributed by atoms with Crippen LogP contribution >= 0.6 is 0 Å². The van der Waals surface area contributed by atoms with Crippen LogP contribution in [0.2, 0.25) is 0 Å². The topological polar surface area (TPSA) is 43.8 Å². The molecule has 4 heteroatoms. The van der Waals surface area contributed by atoms with Gasteiger partial charge in [-0.3, -0.25) is 9.69 Å². The van der Waals surface area contributed by atoms with Crippen LogP contribution in [0.5, 0.6) is 0 Å². The van der Waals surface area contributed by atoms with Crippen LogP contribution in [0.1, 0.15) is 25.7 Å². The number of carbonyl (C=O) groups is 1. The zero-order valence-corrected chi connectivity index (χ0v) is 10.3. The molecular formula is C13H22N2O2. The van der Waals surface area contributed by atoms with Crippen LogP contribution in [0.25, 0.3) is 0 Å². The van der Waals surface area contributed by atoms with E-state index in [-0.39, 0.29) is 5.92 Å². The number of rotatable bonds is 2. The summed E-state index contributed by atoms with van der Waals surface area (Å²) >= 11 is 0. The molecule has 2 atom stereocenters. The first-order chi connectivity index (χ1) is 8.24. The molecule has 4 fully saturated rings. The fourth-order valence-electron chi connectivity index (χ4n) is 3.86. The van der Waals surface area contributed by atoms with Crippen molar-refractivity contribution in [3.05, 3.63) is 0 Å². The molecule has 4 aliphatic rings. The Balaban J connectivity index is 1.65. The summed E-state index contributed by atoms with van der Waals surface area (Å²) in [6.45, 7) is 5.59. The van der Waals surface area contributed by atoms with E-state index in [0.29, 0.717) is 6.04 Å². The number of hydrogen-bond acceptors (Lipinski definition) is 3. The first-order valence-corrected chi connectivity index (χ1v) is 6.93. The average Bonchev–Trinajstić information content (AvgIpc) is 2.40. The maximum atomic E-state index is 11.1. The number of likely N-dealkylation sites (tertiary alicyclic amines) is 1. The Morgan fingerprint density at radius 3 is 2.41 bits per heavy atom. The highest BCUT2D eigenvalue weighted by molar-refractivity contribution is 5.70. The Morgan fingerprint density at radius 2 is 1.82 bits per heavy atom. The number of nitrogens with zero attached hydrogens (tertiary/aromatic N) is 2. The molecule has 4 nitrogen and oxygen atoms in total. The van der Waals surface area contributed by atoms with E-state index in [1.807, 2.05) is 0 Å². The van der Waals surface area contributed by atoms with Gasteiger partial charge in [-0.2, -0.15) is 0 Å². The van der Waals surface area contributed by atoms with Gasteiger partial charge < -0.3 is 10.0 Å². The highest BCUT2D eigenvalue weighted by atomic mass is 16.4. The van der Waals surface area contributed by atoms with E-state index in [0.717, 1.165) is 31.8 Å². The second-order valence-corrected chi connectivity index (χ2v) is 5.88. The third-order valence-electron chi connectivity index (χ3n) is 4.89. The number of aliphatic carboxylic acids is 1. The summed E-state index contributed by atoms with van der Waals surface area (Å²) in [6, 6.07) is 0.639. The van der Waals surface area contributed by atoms with Crippen molar-refractivity contribution in [3.63, 3.8) is 0 Å². The van der Waals surface area contributed by atoms with Gasteiger partial charge in [0.15, 0.2) is 0 Å². The largest absolute Gasteiger partial charge is 0.481 e. The van der Waals surface area contributed by atoms with Crippen molar-refractivity contribution < 1.29 is 9.90 Å². The third kappa shape index (κ3) is 2.20. The molecule has 0 amide bonds. The highest BCUT2D eigenvalue weighted by Crippen LogP contribution is 2.33. The lowest BCUT2D eigenvalue weighted by molar-refractivity contribution is -0.144. The molecule has 2 bridgehead atoms. The van der Waals surface area contributed by atoms with Gasteiger partial charge in [-0.1, -0.05) is 0 Å². The molecule has 4 heterocycles. The van der Waals surface area contributed by atoms with Crippen LogP contribution in [0.4, 0.5) is 0 Å². The van der Waals surface area contributed by atoms with Crippen molar-refractivity contribution in [2.45, 2.75) is 31.7 Å². The van der Waals surface area contributed by atoms with E-state index in [1.54, 1.807) is 0 Å². The molecule has 0 aromatic heterocycles. The summed E-state index contributed by atoms with van der Waals surface area (Å²) in [6.07, 6.45) is 4.56. The minimum absolute atomic E-state index is 0.126. The van der Waals surface area contributed by atoms with Crippen molar-refractivity contribution in [1.29, 1.82) is 0 Å². The van der Waals surface area contributed by atoms with E-state index in [4.69, 9.17) is 5.11 Å². The third-order valence-corrected chi connectivity index (χ3v) is 4.89. The molecule has 17 heavy (non-hydrogen) atoms. The molecule has 2 unspecified atom stereocenters. The molecule has 4 rings (SSSR count). The van der Waals surface area contributed by atoms with E-state index in [9.17, 15) is 4.79 Å². The zero-order chi connectivity index (χ0) is 11.8. The van der Waals surface area contributed by atoms with E-state index >= 15 is 0 Å². The van der Waals surface area contributed by atoms with E-state index in [1.165, 1.54) is 32.5 Å². The fourth-order valence-corrected chi connectivity index (χ4v) is 3.86. The SMILES string of the molecule is O=C(O)C1CCCN(C2CN3CCC2CC3)C1. The van der Waals surface area contributed by atoms with Gasteiger partial charge in [0.05, 0.1) is 5.92 Å². The van der Waals surface area contributed by atoms with Gasteiger partial charge in [-0.05, 0) is 51.2 Å². The van der Waals surface area contributed by atoms with Crippen LogP contribution in [-0.4, -0.2) is 59.6 Å². The number of piperidine rings is 4. The van der Waals surface area contributed by atoms with E-state index in [2.05, 4.69) is 9.80 Å². The van der Waals surface area contributed by atoms with Gasteiger partial charge >= 0.3 is 5.97 Å². The predicted molar refractivity (Wildman–Crippen MR) is 64.9 cm³/mol. The molecule has 1 N–H and O–H groups in total. The first-order valence-electron chi connectivity index (χ1n) is 6.93. The minimum atomic E-state index is -0.601. The van der Waals surface area contributed by atoms with E-state index < -0.39 is 5.97 Å². The van der Waals surface area contributed by atoms with Crippen LogP contribution in [0, 0.1) is 11.8 Å². The summed E-state index contributed by atoms with van der Waals surface area (Å²) in [5.41, 5.74) is 0. The van der Waals surface area contributed by atoms with Gasteiger partial charge in [-0.25, -0.2) is 0 Å². The quantitative estimate of drug-likeness (QED) is 0.775. The molecule has 0 aliphatic carbocycles. The predicted octanol–water partition coefficient (Wildman–Crippen LogP) is 0.877. The minimum Gasteiger partial charge on any atom is -0.481 e. The Kier molecular flexibility index (Phi) is 3.09. The van der Waals surface area contributed by atoms with Gasteiger partial charge in [0.1, 0.15) is 0 Å². The van der Waals surface area contributed by atoms with Gasteiger partial charge in [0, 0.05) is 19.1 Å². The first kappa shape index (κ1) is 11.5. The molecule has 96 valence electrons. The second-order valence-electron chi connectivity index (χ2n) is 5.88. The second kappa shape index (κ2) is 4.58. The van der Waals surface area contributed by atoms with Crippen molar-refractivity contribution >= 4 is 5.97 Å². The summed E-state index contributed by atoms with van der Waals surface area (Å²) in [5, 5.41) is 9.15. The fraction of sp³-hybridized carbons (Fsp3) is 0.923. The lowest BCUT2D eigenvalue weighted by Gasteiger charge is -2.50. The van der Waals surface area contributed by atoms with Crippen molar-refractivity contribution in [3.8, 4) is 0 Å². The Hall–Kier alpha value is -0.610. The normalized spacial score (nSPS) is 42.6. The molecular weight excluding hydrogens is 216 g/mol. The lowest BCUT2D eigenvalue weighted by Crippen LogP contribution is -2.59. The summed E-state index contributed by atoms with van der Waals surface area (Å²) < 4.78 is 0. The van der Waals surface area contributed by atoms with Gasteiger partial charge in [0.2, 0.25) is 0 Å². The van der Waals surface area contributed by atoms with Crippen LogP contribution < -0.4 is 0 Å². The molecule has 0 spiro atoms. The molecule has 4 saturated heterocycles. The average molecular weight is 238 g/mol. The highest BCUT2D eigenvalue weighted by Gasteiger charge is 2.39. The summed E-state index contributed by atoms with van der Waals surface area (Å²) in [4.78, 5) is 16.1. The summed E-state index contributed by atoms with van der Waals surface area (Å²) in [5.74, 6) is 0.0997. The molecule has 0 saturated carbocycles. The summed E-state index contributed by atoms with van der Waals surface area (Å²) in [7, 11) is 0. The maximum absolute atomic E-state index is 11.1. The Morgan fingerprint density at radius 1 is 1.06 bits per heavy atom. The Bertz CT molecular complexity index is 300. The Labute approximate surface area is 103 Å².